The normalized spacial score (nSPS) is 11.1. The Morgan fingerprint density at radius 1 is 1.00 bits per heavy atom. The van der Waals surface area contributed by atoms with Crippen LogP contribution in [-0.4, -0.2) is 29.7 Å². The third kappa shape index (κ3) is 1.88. The Labute approximate surface area is 120 Å². The summed E-state index contributed by atoms with van der Waals surface area (Å²) in [4.78, 5) is 12.0. The highest BCUT2D eigenvalue weighted by atomic mass is 15.3. The van der Waals surface area contributed by atoms with Crippen molar-refractivity contribution in [1.29, 1.82) is 0 Å². The second kappa shape index (κ2) is 4.52. The van der Waals surface area contributed by atoms with Gasteiger partial charge in [0.2, 0.25) is 5.82 Å². The first-order chi connectivity index (χ1) is 10.3. The van der Waals surface area contributed by atoms with Crippen LogP contribution in [0, 0.1) is 6.92 Å². The van der Waals surface area contributed by atoms with Crippen molar-refractivity contribution in [3.05, 3.63) is 54.5 Å². The maximum absolute atomic E-state index is 4.49. The van der Waals surface area contributed by atoms with E-state index in [0.29, 0.717) is 17.3 Å². The number of nitrogens with one attached hydrogen (secondary N) is 1. The van der Waals surface area contributed by atoms with Crippen molar-refractivity contribution in [3.63, 3.8) is 0 Å². The van der Waals surface area contributed by atoms with Crippen molar-refractivity contribution in [1.82, 2.24) is 29.7 Å². The summed E-state index contributed by atoms with van der Waals surface area (Å²) in [5.74, 6) is 2.15. The van der Waals surface area contributed by atoms with Gasteiger partial charge in [-0.05, 0) is 31.2 Å². The van der Waals surface area contributed by atoms with E-state index in [0.717, 1.165) is 17.0 Å². The Morgan fingerprint density at radius 3 is 2.67 bits per heavy atom. The van der Waals surface area contributed by atoms with Crippen LogP contribution in [0.3, 0.4) is 0 Å². The number of aromatic amines is 1. The molecule has 0 radical (unpaired) electrons. The summed E-state index contributed by atoms with van der Waals surface area (Å²) in [6.45, 7) is 1.92. The van der Waals surface area contributed by atoms with Crippen LogP contribution < -0.4 is 0 Å². The predicted octanol–water partition coefficient (Wildman–Crippen LogP) is 2.51. The Balaban J connectivity index is 1.93. The van der Waals surface area contributed by atoms with Gasteiger partial charge in [0.25, 0.3) is 0 Å². The van der Waals surface area contributed by atoms with Gasteiger partial charge in [0, 0.05) is 11.9 Å². The molecule has 0 unspecified atom stereocenters. The molecular weight excluding hydrogens is 264 g/mol. The van der Waals surface area contributed by atoms with Gasteiger partial charge in [-0.25, -0.2) is 9.97 Å². The van der Waals surface area contributed by atoms with E-state index < -0.39 is 0 Å². The first-order valence-corrected chi connectivity index (χ1v) is 6.61. The number of aromatic nitrogens is 6. The molecule has 3 aromatic heterocycles. The number of rotatable bonds is 2. The van der Waals surface area contributed by atoms with Crippen LogP contribution in [0.4, 0.5) is 0 Å². The monoisotopic (exact) mass is 276 g/mol. The van der Waals surface area contributed by atoms with Crippen molar-refractivity contribution < 1.29 is 0 Å². The fraction of sp³-hybridized carbons (Fsp3) is 0.0667. The lowest BCUT2D eigenvalue weighted by Crippen LogP contribution is -2.00. The number of fused-ring (bicyclic) bond motifs is 1. The second-order valence-electron chi connectivity index (χ2n) is 4.70. The second-order valence-corrected chi connectivity index (χ2v) is 4.70. The first kappa shape index (κ1) is 11.8. The SMILES string of the molecule is Cc1nnc(-c2nc3ncccc3[nH]2)n1-c1ccccc1. The summed E-state index contributed by atoms with van der Waals surface area (Å²) in [5.41, 5.74) is 2.56. The Bertz CT molecular complexity index is 873. The molecule has 0 aliphatic carbocycles. The maximum atomic E-state index is 4.49. The van der Waals surface area contributed by atoms with Gasteiger partial charge < -0.3 is 4.98 Å². The Kier molecular flexibility index (Phi) is 2.53. The van der Waals surface area contributed by atoms with Gasteiger partial charge in [0.15, 0.2) is 11.5 Å². The third-order valence-corrected chi connectivity index (χ3v) is 3.31. The number of hydrogen-bond acceptors (Lipinski definition) is 4. The zero-order valence-electron chi connectivity index (χ0n) is 11.4. The number of pyridine rings is 1. The fourth-order valence-corrected chi connectivity index (χ4v) is 2.35. The lowest BCUT2D eigenvalue weighted by molar-refractivity contribution is 0.968. The van der Waals surface area contributed by atoms with Crippen molar-refractivity contribution in [3.8, 4) is 17.3 Å². The van der Waals surface area contributed by atoms with E-state index in [-0.39, 0.29) is 0 Å². The average Bonchev–Trinajstić information content (AvgIpc) is 3.11. The molecule has 0 aliphatic heterocycles. The molecule has 102 valence electrons. The van der Waals surface area contributed by atoms with Crippen molar-refractivity contribution >= 4 is 11.2 Å². The van der Waals surface area contributed by atoms with E-state index in [2.05, 4.69) is 25.1 Å². The molecule has 6 heteroatoms. The standard InChI is InChI=1S/C15H12N6/c1-10-19-20-15(21(10)11-6-3-2-4-7-11)14-17-12-8-5-9-16-13(12)18-14/h2-9H,1H3,(H,16,17,18). The number of para-hydroxylation sites is 1. The predicted molar refractivity (Wildman–Crippen MR) is 79.0 cm³/mol. The molecule has 4 aromatic rings. The summed E-state index contributed by atoms with van der Waals surface area (Å²) in [6.07, 6.45) is 1.72. The lowest BCUT2D eigenvalue weighted by Gasteiger charge is -2.06. The molecule has 0 fully saturated rings. The van der Waals surface area contributed by atoms with Gasteiger partial charge in [-0.1, -0.05) is 18.2 Å². The van der Waals surface area contributed by atoms with Crippen LogP contribution in [0.5, 0.6) is 0 Å². The lowest BCUT2D eigenvalue weighted by atomic mass is 10.3. The number of H-pyrrole nitrogens is 1. The largest absolute Gasteiger partial charge is 0.334 e. The number of hydrogen-bond donors (Lipinski definition) is 1. The minimum Gasteiger partial charge on any atom is -0.334 e. The van der Waals surface area contributed by atoms with Gasteiger partial charge >= 0.3 is 0 Å². The van der Waals surface area contributed by atoms with Gasteiger partial charge in [-0.3, -0.25) is 4.57 Å². The molecule has 4 rings (SSSR count). The average molecular weight is 276 g/mol. The van der Waals surface area contributed by atoms with E-state index in [9.17, 15) is 0 Å². The summed E-state index contributed by atoms with van der Waals surface area (Å²) in [5, 5.41) is 8.42. The van der Waals surface area contributed by atoms with E-state index >= 15 is 0 Å². The molecule has 6 nitrogen and oxygen atoms in total. The highest BCUT2D eigenvalue weighted by Gasteiger charge is 2.16. The fourth-order valence-electron chi connectivity index (χ4n) is 2.35. The zero-order chi connectivity index (χ0) is 14.2. The minimum atomic E-state index is 0.660. The van der Waals surface area contributed by atoms with Gasteiger partial charge in [0.1, 0.15) is 5.82 Å². The molecule has 0 bridgehead atoms. The van der Waals surface area contributed by atoms with Crippen LogP contribution in [-0.2, 0) is 0 Å². The minimum absolute atomic E-state index is 0.660. The van der Waals surface area contributed by atoms with E-state index in [4.69, 9.17) is 0 Å². The van der Waals surface area contributed by atoms with Gasteiger partial charge in [-0.15, -0.1) is 10.2 Å². The first-order valence-electron chi connectivity index (χ1n) is 6.61. The van der Waals surface area contributed by atoms with Gasteiger partial charge in [-0.2, -0.15) is 0 Å². The molecule has 21 heavy (non-hydrogen) atoms. The van der Waals surface area contributed by atoms with Crippen molar-refractivity contribution in [2.75, 3.05) is 0 Å². The molecule has 0 amide bonds. The van der Waals surface area contributed by atoms with Gasteiger partial charge in [0.05, 0.1) is 5.52 Å². The number of nitrogens with zero attached hydrogens (tertiary/aromatic N) is 5. The molecule has 1 aromatic carbocycles. The smallest absolute Gasteiger partial charge is 0.204 e. The number of imidazole rings is 1. The van der Waals surface area contributed by atoms with E-state index in [1.807, 2.05) is 54.0 Å². The third-order valence-electron chi connectivity index (χ3n) is 3.31. The topological polar surface area (TPSA) is 72.3 Å². The molecule has 0 atom stereocenters. The highest BCUT2D eigenvalue weighted by molar-refractivity contribution is 5.74. The molecular formula is C15H12N6. The van der Waals surface area contributed by atoms with Crippen LogP contribution in [0.1, 0.15) is 5.82 Å². The van der Waals surface area contributed by atoms with Crippen LogP contribution in [0.15, 0.2) is 48.7 Å². The number of aryl methyl sites for hydroxylation is 1. The summed E-state index contributed by atoms with van der Waals surface area (Å²) in [7, 11) is 0. The Morgan fingerprint density at radius 2 is 1.86 bits per heavy atom. The van der Waals surface area contributed by atoms with E-state index in [1.165, 1.54) is 0 Å². The van der Waals surface area contributed by atoms with Crippen molar-refractivity contribution in [2.24, 2.45) is 0 Å². The summed E-state index contributed by atoms with van der Waals surface area (Å²) in [6, 6.07) is 13.8. The highest BCUT2D eigenvalue weighted by Crippen LogP contribution is 2.22. The molecule has 1 N–H and O–H groups in total. The molecule has 3 heterocycles. The molecule has 0 saturated carbocycles. The van der Waals surface area contributed by atoms with Crippen LogP contribution in [0.2, 0.25) is 0 Å². The van der Waals surface area contributed by atoms with Crippen LogP contribution in [0.25, 0.3) is 28.5 Å². The number of benzene rings is 1. The quantitative estimate of drug-likeness (QED) is 0.610. The summed E-state index contributed by atoms with van der Waals surface area (Å²) >= 11 is 0. The maximum Gasteiger partial charge on any atom is 0.204 e. The van der Waals surface area contributed by atoms with Crippen LogP contribution >= 0.6 is 0 Å². The summed E-state index contributed by atoms with van der Waals surface area (Å²) < 4.78 is 1.97. The van der Waals surface area contributed by atoms with E-state index in [1.54, 1.807) is 6.20 Å². The molecule has 0 spiro atoms. The molecule has 0 aliphatic rings. The zero-order valence-corrected chi connectivity index (χ0v) is 11.4. The van der Waals surface area contributed by atoms with Crippen molar-refractivity contribution in [2.45, 2.75) is 6.92 Å². The Hall–Kier alpha value is -3.02. The molecule has 0 saturated heterocycles.